The van der Waals surface area contributed by atoms with Crippen LogP contribution in [0.2, 0.25) is 0 Å². The van der Waals surface area contributed by atoms with E-state index in [1.54, 1.807) is 0 Å². The van der Waals surface area contributed by atoms with Crippen molar-refractivity contribution in [2.75, 3.05) is 12.4 Å². The van der Waals surface area contributed by atoms with E-state index in [9.17, 15) is 0 Å². The predicted molar refractivity (Wildman–Crippen MR) is 91.4 cm³/mol. The first-order valence-electron chi connectivity index (χ1n) is 7.98. The summed E-state index contributed by atoms with van der Waals surface area (Å²) in [6.07, 6.45) is 6.63. The van der Waals surface area contributed by atoms with E-state index in [0.717, 1.165) is 27.7 Å². The molecule has 2 aromatic rings. The molecule has 0 atom stereocenters. The Kier molecular flexibility index (Phi) is 6.43. The highest BCUT2D eigenvalue weighted by atomic mass is 32.2. The second-order valence-electron chi connectivity index (χ2n) is 5.30. The average Bonchev–Trinajstić information content (AvgIpc) is 2.80. The number of fused-ring (bicyclic) bond motifs is 1. The number of rotatable bonds is 9. The molecule has 0 bridgehead atoms. The normalized spacial score (nSPS) is 11.2. The van der Waals surface area contributed by atoms with Gasteiger partial charge in [0.2, 0.25) is 0 Å². The highest BCUT2D eigenvalue weighted by molar-refractivity contribution is 7.99. The van der Waals surface area contributed by atoms with Gasteiger partial charge in [-0.1, -0.05) is 44.4 Å². The lowest BCUT2D eigenvalue weighted by Crippen LogP contribution is -1.93. The first-order valence-corrected chi connectivity index (χ1v) is 8.97. The molecule has 4 heteroatoms. The van der Waals surface area contributed by atoms with Crippen molar-refractivity contribution < 1.29 is 4.74 Å². The van der Waals surface area contributed by atoms with E-state index in [4.69, 9.17) is 9.72 Å². The molecule has 116 valence electrons. The molecule has 0 amide bonds. The molecular formula is C17H26N2OS. The Balaban J connectivity index is 1.95. The summed E-state index contributed by atoms with van der Waals surface area (Å²) in [7, 11) is 2.09. The molecular weight excluding hydrogens is 280 g/mol. The number of aromatic nitrogens is 2. The lowest BCUT2D eigenvalue weighted by molar-refractivity contribution is 0.340. The summed E-state index contributed by atoms with van der Waals surface area (Å²) in [6.45, 7) is 4.96. The minimum absolute atomic E-state index is 0.697. The van der Waals surface area contributed by atoms with Gasteiger partial charge in [0.15, 0.2) is 5.16 Å². The van der Waals surface area contributed by atoms with Gasteiger partial charge in [0.05, 0.1) is 17.6 Å². The first kappa shape index (κ1) is 16.2. The van der Waals surface area contributed by atoms with Gasteiger partial charge in [0.25, 0.3) is 0 Å². The topological polar surface area (TPSA) is 27.1 Å². The fourth-order valence-corrected chi connectivity index (χ4v) is 3.39. The lowest BCUT2D eigenvalue weighted by atomic mass is 10.2. The summed E-state index contributed by atoms with van der Waals surface area (Å²) in [4.78, 5) is 4.72. The smallest absolute Gasteiger partial charge is 0.168 e. The molecule has 1 aromatic carbocycles. The van der Waals surface area contributed by atoms with Crippen LogP contribution in [-0.4, -0.2) is 21.9 Å². The first-order chi connectivity index (χ1) is 10.3. The van der Waals surface area contributed by atoms with Gasteiger partial charge in [-0.25, -0.2) is 4.98 Å². The van der Waals surface area contributed by atoms with E-state index in [0.29, 0.717) is 6.61 Å². The van der Waals surface area contributed by atoms with Gasteiger partial charge >= 0.3 is 0 Å². The van der Waals surface area contributed by atoms with Crippen LogP contribution >= 0.6 is 11.8 Å². The molecule has 0 spiro atoms. The van der Waals surface area contributed by atoms with E-state index in [1.807, 2.05) is 30.8 Å². The van der Waals surface area contributed by atoms with Crippen molar-refractivity contribution in [2.24, 2.45) is 7.05 Å². The number of benzene rings is 1. The van der Waals surface area contributed by atoms with Gasteiger partial charge in [-0.05, 0) is 25.5 Å². The van der Waals surface area contributed by atoms with Crippen LogP contribution in [0, 0.1) is 0 Å². The Labute approximate surface area is 132 Å². The van der Waals surface area contributed by atoms with Crippen molar-refractivity contribution in [1.29, 1.82) is 0 Å². The fourth-order valence-electron chi connectivity index (χ4n) is 2.40. The minimum atomic E-state index is 0.697. The number of aryl methyl sites for hydroxylation is 1. The quantitative estimate of drug-likeness (QED) is 0.480. The average molecular weight is 306 g/mol. The molecule has 0 aliphatic heterocycles. The largest absolute Gasteiger partial charge is 0.494 e. The maximum Gasteiger partial charge on any atom is 0.168 e. The van der Waals surface area contributed by atoms with E-state index in [-0.39, 0.29) is 0 Å². The number of hydrogen-bond donors (Lipinski definition) is 0. The predicted octanol–water partition coefficient (Wildman–Crippen LogP) is 5.03. The number of thioether (sulfide) groups is 1. The van der Waals surface area contributed by atoms with Crippen molar-refractivity contribution >= 4 is 22.8 Å². The van der Waals surface area contributed by atoms with Crippen molar-refractivity contribution in [3.05, 3.63) is 18.2 Å². The van der Waals surface area contributed by atoms with Gasteiger partial charge in [-0.2, -0.15) is 0 Å². The third-order valence-electron chi connectivity index (χ3n) is 3.60. The standard InChI is InChI=1S/C17H26N2OS/c1-4-6-7-8-9-12-21-17-18-15-11-10-14(20-5-2)13-16(15)19(17)3/h10-11,13H,4-9,12H2,1-3H3. The summed E-state index contributed by atoms with van der Waals surface area (Å²) >= 11 is 1.86. The molecule has 1 heterocycles. The summed E-state index contributed by atoms with van der Waals surface area (Å²) in [5.74, 6) is 2.07. The molecule has 1 aromatic heterocycles. The second kappa shape index (κ2) is 8.32. The Morgan fingerprint density at radius 3 is 2.71 bits per heavy atom. The van der Waals surface area contributed by atoms with E-state index in [2.05, 4.69) is 24.6 Å². The lowest BCUT2D eigenvalue weighted by Gasteiger charge is -2.04. The number of imidazole rings is 1. The maximum absolute atomic E-state index is 5.57. The van der Waals surface area contributed by atoms with Crippen LogP contribution < -0.4 is 4.74 Å². The highest BCUT2D eigenvalue weighted by Gasteiger charge is 2.09. The molecule has 21 heavy (non-hydrogen) atoms. The number of unbranched alkanes of at least 4 members (excludes halogenated alkanes) is 4. The third kappa shape index (κ3) is 4.40. The van der Waals surface area contributed by atoms with Crippen molar-refractivity contribution in [1.82, 2.24) is 9.55 Å². The SMILES string of the molecule is CCCCCCCSc1nc2ccc(OCC)cc2n1C. The van der Waals surface area contributed by atoms with Gasteiger partial charge in [0, 0.05) is 18.9 Å². The molecule has 2 rings (SSSR count). The van der Waals surface area contributed by atoms with E-state index in [1.165, 1.54) is 32.1 Å². The van der Waals surface area contributed by atoms with Crippen LogP contribution in [-0.2, 0) is 7.05 Å². The Bertz CT molecular complexity index is 565. The summed E-state index contributed by atoms with van der Waals surface area (Å²) in [5, 5.41) is 1.11. The number of nitrogens with zero attached hydrogens (tertiary/aromatic N) is 2. The molecule has 0 radical (unpaired) electrons. The molecule has 0 fully saturated rings. The van der Waals surface area contributed by atoms with Crippen molar-refractivity contribution in [3.63, 3.8) is 0 Å². The van der Waals surface area contributed by atoms with Crippen LogP contribution in [0.3, 0.4) is 0 Å². The van der Waals surface area contributed by atoms with E-state index < -0.39 is 0 Å². The van der Waals surface area contributed by atoms with Gasteiger partial charge < -0.3 is 9.30 Å². The molecule has 3 nitrogen and oxygen atoms in total. The zero-order chi connectivity index (χ0) is 15.1. The fraction of sp³-hybridized carbons (Fsp3) is 0.588. The second-order valence-corrected chi connectivity index (χ2v) is 6.36. The van der Waals surface area contributed by atoms with Crippen molar-refractivity contribution in [3.8, 4) is 5.75 Å². The monoisotopic (exact) mass is 306 g/mol. The van der Waals surface area contributed by atoms with Crippen molar-refractivity contribution in [2.45, 2.75) is 51.1 Å². The summed E-state index contributed by atoms with van der Waals surface area (Å²) in [5.41, 5.74) is 2.20. The van der Waals surface area contributed by atoms with Crippen LogP contribution in [0.4, 0.5) is 0 Å². The molecule has 0 aliphatic carbocycles. The minimum Gasteiger partial charge on any atom is -0.494 e. The summed E-state index contributed by atoms with van der Waals surface area (Å²) < 4.78 is 7.74. The number of hydrogen-bond acceptors (Lipinski definition) is 3. The zero-order valence-electron chi connectivity index (χ0n) is 13.4. The van der Waals surface area contributed by atoms with E-state index >= 15 is 0 Å². The molecule has 0 unspecified atom stereocenters. The molecule has 0 N–H and O–H groups in total. The Hall–Kier alpha value is -1.16. The summed E-state index contributed by atoms with van der Waals surface area (Å²) in [6, 6.07) is 6.13. The maximum atomic E-state index is 5.57. The highest BCUT2D eigenvalue weighted by Crippen LogP contribution is 2.26. The van der Waals surface area contributed by atoms with Crippen LogP contribution in [0.1, 0.15) is 46.0 Å². The molecule has 0 saturated heterocycles. The Morgan fingerprint density at radius 2 is 1.95 bits per heavy atom. The van der Waals surface area contributed by atoms with Gasteiger partial charge in [-0.3, -0.25) is 0 Å². The van der Waals surface area contributed by atoms with Crippen LogP contribution in [0.15, 0.2) is 23.4 Å². The van der Waals surface area contributed by atoms with Gasteiger partial charge in [0.1, 0.15) is 5.75 Å². The molecule has 0 saturated carbocycles. The number of ether oxygens (including phenoxy) is 1. The van der Waals surface area contributed by atoms with Crippen LogP contribution in [0.25, 0.3) is 11.0 Å². The van der Waals surface area contributed by atoms with Crippen LogP contribution in [0.5, 0.6) is 5.75 Å². The third-order valence-corrected chi connectivity index (χ3v) is 4.72. The Morgan fingerprint density at radius 1 is 1.14 bits per heavy atom. The zero-order valence-corrected chi connectivity index (χ0v) is 14.2. The molecule has 0 aliphatic rings. The van der Waals surface area contributed by atoms with Gasteiger partial charge in [-0.15, -0.1) is 0 Å².